The van der Waals surface area contributed by atoms with E-state index in [1.54, 1.807) is 18.2 Å². The number of nitrogens with two attached hydrogens (primary N) is 1. The molecule has 1 aliphatic carbocycles. The van der Waals surface area contributed by atoms with Gasteiger partial charge in [-0.25, -0.2) is 17.9 Å². The van der Waals surface area contributed by atoms with Gasteiger partial charge in [-0.1, -0.05) is 18.2 Å². The number of aryl methyl sites for hydroxylation is 1. The second kappa shape index (κ2) is 7.01. The Kier molecular flexibility index (Phi) is 4.99. The van der Waals surface area contributed by atoms with E-state index in [0.29, 0.717) is 0 Å². The standard InChI is InChI=1S/C18H21FN2O2S/c19-15-6-9-17-14(12-15)2-1-3-18(17)21-11-10-13-4-7-16(8-5-13)24(20,22)23/h4-9,12,18,21H,1-3,10-11H2,(H2,20,22,23)/t18-/m0/s1. The van der Waals surface area contributed by atoms with Crippen LogP contribution in [0.15, 0.2) is 47.4 Å². The van der Waals surface area contributed by atoms with Gasteiger partial charge in [-0.3, -0.25) is 0 Å². The normalized spacial score (nSPS) is 17.5. The van der Waals surface area contributed by atoms with Crippen molar-refractivity contribution < 1.29 is 12.8 Å². The van der Waals surface area contributed by atoms with E-state index in [0.717, 1.165) is 43.4 Å². The molecule has 0 spiro atoms. The maximum absolute atomic E-state index is 13.3. The fourth-order valence-corrected chi connectivity index (χ4v) is 3.75. The molecule has 2 aromatic carbocycles. The fraction of sp³-hybridized carbons (Fsp3) is 0.333. The van der Waals surface area contributed by atoms with Crippen molar-refractivity contribution in [3.05, 3.63) is 65.0 Å². The Morgan fingerprint density at radius 1 is 1.17 bits per heavy atom. The van der Waals surface area contributed by atoms with E-state index in [1.165, 1.54) is 23.8 Å². The largest absolute Gasteiger partial charge is 0.310 e. The molecule has 1 aliphatic rings. The van der Waals surface area contributed by atoms with Crippen molar-refractivity contribution in [2.45, 2.75) is 36.6 Å². The molecule has 0 aromatic heterocycles. The summed E-state index contributed by atoms with van der Waals surface area (Å²) in [5.41, 5.74) is 3.33. The Labute approximate surface area is 141 Å². The lowest BCUT2D eigenvalue weighted by Gasteiger charge is -2.26. The Morgan fingerprint density at radius 3 is 2.62 bits per heavy atom. The van der Waals surface area contributed by atoms with E-state index in [4.69, 9.17) is 5.14 Å². The minimum absolute atomic E-state index is 0.127. The van der Waals surface area contributed by atoms with Crippen LogP contribution in [0.5, 0.6) is 0 Å². The molecule has 0 saturated carbocycles. The molecule has 0 fully saturated rings. The van der Waals surface area contributed by atoms with E-state index in [-0.39, 0.29) is 16.8 Å². The smallest absolute Gasteiger partial charge is 0.238 e. The van der Waals surface area contributed by atoms with E-state index in [9.17, 15) is 12.8 Å². The molecule has 3 N–H and O–H groups in total. The van der Waals surface area contributed by atoms with Gasteiger partial charge in [0.05, 0.1) is 4.90 Å². The first kappa shape index (κ1) is 17.1. The molecule has 1 atom stereocenters. The summed E-state index contributed by atoms with van der Waals surface area (Å²) in [5.74, 6) is -0.177. The predicted molar refractivity (Wildman–Crippen MR) is 91.6 cm³/mol. The summed E-state index contributed by atoms with van der Waals surface area (Å²) in [6.45, 7) is 0.774. The highest BCUT2D eigenvalue weighted by Gasteiger charge is 2.19. The fourth-order valence-electron chi connectivity index (χ4n) is 3.23. The van der Waals surface area contributed by atoms with Crippen LogP contribution in [0.2, 0.25) is 0 Å². The molecule has 0 bridgehead atoms. The molecule has 0 radical (unpaired) electrons. The summed E-state index contributed by atoms with van der Waals surface area (Å²) in [6, 6.07) is 11.9. The van der Waals surface area contributed by atoms with Crippen LogP contribution in [0.1, 0.15) is 35.6 Å². The van der Waals surface area contributed by atoms with Crippen molar-refractivity contribution in [1.82, 2.24) is 5.32 Å². The van der Waals surface area contributed by atoms with Gasteiger partial charge in [-0.2, -0.15) is 0 Å². The lowest BCUT2D eigenvalue weighted by molar-refractivity contribution is 0.460. The molecule has 3 rings (SSSR count). The Hall–Kier alpha value is -1.76. The number of nitrogens with one attached hydrogen (secondary N) is 1. The van der Waals surface area contributed by atoms with Crippen LogP contribution in [0.4, 0.5) is 4.39 Å². The Morgan fingerprint density at radius 2 is 1.92 bits per heavy atom. The topological polar surface area (TPSA) is 72.2 Å². The van der Waals surface area contributed by atoms with Gasteiger partial charge in [0.1, 0.15) is 5.82 Å². The minimum atomic E-state index is -3.64. The van der Waals surface area contributed by atoms with E-state index < -0.39 is 10.0 Å². The molecule has 4 nitrogen and oxygen atoms in total. The minimum Gasteiger partial charge on any atom is -0.310 e. The molecular formula is C18H21FN2O2S. The molecule has 24 heavy (non-hydrogen) atoms. The van der Waals surface area contributed by atoms with Gasteiger partial charge in [-0.15, -0.1) is 0 Å². The zero-order chi connectivity index (χ0) is 17.2. The average Bonchev–Trinajstić information content (AvgIpc) is 2.54. The highest BCUT2D eigenvalue weighted by atomic mass is 32.2. The number of hydrogen-bond acceptors (Lipinski definition) is 3. The second-order valence-electron chi connectivity index (χ2n) is 6.18. The Bertz CT molecular complexity index is 819. The third-order valence-corrected chi connectivity index (χ3v) is 5.40. The molecular weight excluding hydrogens is 327 g/mol. The van der Waals surface area contributed by atoms with Crippen LogP contribution in [0.3, 0.4) is 0 Å². The number of rotatable bonds is 5. The summed E-state index contributed by atoms with van der Waals surface area (Å²) in [5, 5.41) is 8.62. The summed E-state index contributed by atoms with van der Waals surface area (Å²) < 4.78 is 35.8. The van der Waals surface area contributed by atoms with E-state index in [1.807, 2.05) is 6.07 Å². The van der Waals surface area contributed by atoms with Crippen LogP contribution < -0.4 is 10.5 Å². The number of primary sulfonamides is 1. The molecule has 0 saturated heterocycles. The summed E-state index contributed by atoms with van der Waals surface area (Å²) >= 11 is 0. The SMILES string of the molecule is NS(=O)(=O)c1ccc(CCN[C@H]2CCCc3cc(F)ccc32)cc1. The first-order valence-electron chi connectivity index (χ1n) is 8.07. The molecule has 0 unspecified atom stereocenters. The summed E-state index contributed by atoms with van der Waals surface area (Å²) in [7, 11) is -3.64. The summed E-state index contributed by atoms with van der Waals surface area (Å²) in [6.07, 6.45) is 3.82. The number of sulfonamides is 1. The van der Waals surface area contributed by atoms with Gasteiger partial charge in [0.25, 0.3) is 0 Å². The lowest BCUT2D eigenvalue weighted by Crippen LogP contribution is -2.27. The molecule has 2 aromatic rings. The number of hydrogen-bond donors (Lipinski definition) is 2. The van der Waals surface area contributed by atoms with Gasteiger partial charge in [-0.05, 0) is 73.2 Å². The van der Waals surface area contributed by atoms with Gasteiger partial charge >= 0.3 is 0 Å². The van der Waals surface area contributed by atoms with Gasteiger partial charge < -0.3 is 5.32 Å². The highest BCUT2D eigenvalue weighted by molar-refractivity contribution is 7.89. The van der Waals surface area contributed by atoms with Crippen LogP contribution in [0, 0.1) is 5.82 Å². The Balaban J connectivity index is 1.60. The van der Waals surface area contributed by atoms with Gasteiger partial charge in [0.2, 0.25) is 10.0 Å². The van der Waals surface area contributed by atoms with E-state index >= 15 is 0 Å². The zero-order valence-corrected chi connectivity index (χ0v) is 14.2. The van der Waals surface area contributed by atoms with Crippen molar-refractivity contribution >= 4 is 10.0 Å². The third-order valence-electron chi connectivity index (χ3n) is 4.48. The van der Waals surface area contributed by atoms with Gasteiger partial charge in [0.15, 0.2) is 0 Å². The number of halogens is 1. The van der Waals surface area contributed by atoms with Crippen molar-refractivity contribution in [2.75, 3.05) is 6.54 Å². The number of fused-ring (bicyclic) bond motifs is 1. The lowest BCUT2D eigenvalue weighted by atomic mass is 9.87. The van der Waals surface area contributed by atoms with Crippen LogP contribution in [-0.2, 0) is 22.9 Å². The third kappa shape index (κ3) is 4.01. The van der Waals surface area contributed by atoms with Crippen molar-refractivity contribution in [3.63, 3.8) is 0 Å². The average molecular weight is 348 g/mol. The van der Waals surface area contributed by atoms with Crippen LogP contribution in [0.25, 0.3) is 0 Å². The highest BCUT2D eigenvalue weighted by Crippen LogP contribution is 2.30. The molecule has 0 heterocycles. The molecule has 128 valence electrons. The number of benzene rings is 2. The first-order valence-corrected chi connectivity index (χ1v) is 9.61. The van der Waals surface area contributed by atoms with Gasteiger partial charge in [0, 0.05) is 6.04 Å². The molecule has 6 heteroatoms. The first-order chi connectivity index (χ1) is 11.4. The predicted octanol–water partition coefficient (Wildman–Crippen LogP) is 2.68. The maximum atomic E-state index is 13.3. The monoisotopic (exact) mass is 348 g/mol. The van der Waals surface area contributed by atoms with Crippen molar-refractivity contribution in [3.8, 4) is 0 Å². The zero-order valence-electron chi connectivity index (χ0n) is 13.3. The van der Waals surface area contributed by atoms with Crippen molar-refractivity contribution in [2.24, 2.45) is 5.14 Å². The van der Waals surface area contributed by atoms with Crippen LogP contribution >= 0.6 is 0 Å². The van der Waals surface area contributed by atoms with Crippen molar-refractivity contribution in [1.29, 1.82) is 0 Å². The van der Waals surface area contributed by atoms with E-state index in [2.05, 4.69) is 5.32 Å². The van der Waals surface area contributed by atoms with Crippen LogP contribution in [-0.4, -0.2) is 15.0 Å². The molecule has 0 aliphatic heterocycles. The summed E-state index contributed by atoms with van der Waals surface area (Å²) in [4.78, 5) is 0.127. The molecule has 0 amide bonds. The second-order valence-corrected chi connectivity index (χ2v) is 7.74. The quantitative estimate of drug-likeness (QED) is 0.873. The maximum Gasteiger partial charge on any atom is 0.238 e.